The van der Waals surface area contributed by atoms with Crippen LogP contribution in [0.2, 0.25) is 0 Å². The molecule has 29 heavy (non-hydrogen) atoms. The lowest BCUT2D eigenvalue weighted by molar-refractivity contribution is -0.117. The summed E-state index contributed by atoms with van der Waals surface area (Å²) in [5.74, 6) is 1.71. The molecule has 0 heterocycles. The lowest BCUT2D eigenvalue weighted by Gasteiger charge is -2.25. The predicted molar refractivity (Wildman–Crippen MR) is 111 cm³/mol. The minimum atomic E-state index is -1.13. The van der Waals surface area contributed by atoms with Crippen LogP contribution in [0.3, 0.4) is 0 Å². The number of aliphatic hydroxyl groups is 1. The summed E-state index contributed by atoms with van der Waals surface area (Å²) < 4.78 is 15.8. The van der Waals surface area contributed by atoms with Crippen LogP contribution >= 0.6 is 0 Å². The van der Waals surface area contributed by atoms with E-state index in [0.717, 1.165) is 28.0 Å². The first-order valence-electron chi connectivity index (χ1n) is 9.48. The molecular formula is C23H27NO5. The van der Waals surface area contributed by atoms with Gasteiger partial charge in [0, 0.05) is 6.08 Å². The van der Waals surface area contributed by atoms with E-state index in [2.05, 4.69) is 5.32 Å². The standard InChI is InChI=1S/C23H27NO5/c1-15(16-5-7-18(27-2)8-6-16)11-22(25)24-14-23(26)10-9-17-12-20(28-3)21(29-4)13-19(17)23/h5-8,11-13,26H,9-10,14H2,1-4H3,(H,24,25)/b15-11+. The summed E-state index contributed by atoms with van der Waals surface area (Å²) >= 11 is 0. The van der Waals surface area contributed by atoms with Crippen molar-refractivity contribution in [3.63, 3.8) is 0 Å². The highest BCUT2D eigenvalue weighted by Crippen LogP contribution is 2.42. The van der Waals surface area contributed by atoms with Gasteiger partial charge in [0.2, 0.25) is 5.91 Å². The molecule has 1 aliphatic carbocycles. The van der Waals surface area contributed by atoms with Crippen molar-refractivity contribution < 1.29 is 24.1 Å². The summed E-state index contributed by atoms with van der Waals surface area (Å²) in [4.78, 5) is 12.4. The molecule has 0 saturated carbocycles. The van der Waals surface area contributed by atoms with E-state index < -0.39 is 5.60 Å². The van der Waals surface area contributed by atoms with Crippen molar-refractivity contribution in [1.29, 1.82) is 0 Å². The van der Waals surface area contributed by atoms with Gasteiger partial charge in [-0.1, -0.05) is 12.1 Å². The first kappa shape index (κ1) is 20.7. The third-order valence-electron chi connectivity index (χ3n) is 5.37. The van der Waals surface area contributed by atoms with Crippen molar-refractivity contribution in [2.75, 3.05) is 27.9 Å². The van der Waals surface area contributed by atoms with Crippen LogP contribution < -0.4 is 19.5 Å². The van der Waals surface area contributed by atoms with Gasteiger partial charge in [-0.25, -0.2) is 0 Å². The van der Waals surface area contributed by atoms with E-state index in [9.17, 15) is 9.90 Å². The first-order valence-corrected chi connectivity index (χ1v) is 9.48. The number of ether oxygens (including phenoxy) is 3. The smallest absolute Gasteiger partial charge is 0.244 e. The minimum Gasteiger partial charge on any atom is -0.497 e. The SMILES string of the molecule is COc1ccc(/C(C)=C/C(=O)NCC2(O)CCc3cc(OC)c(OC)cc32)cc1. The normalized spacial score (nSPS) is 18.2. The summed E-state index contributed by atoms with van der Waals surface area (Å²) in [7, 11) is 4.76. The van der Waals surface area contributed by atoms with Crippen LogP contribution in [0.25, 0.3) is 5.57 Å². The number of rotatable bonds is 7. The van der Waals surface area contributed by atoms with Gasteiger partial charge in [-0.2, -0.15) is 0 Å². The predicted octanol–water partition coefficient (Wildman–Crippen LogP) is 3.07. The maximum atomic E-state index is 12.4. The van der Waals surface area contributed by atoms with E-state index in [1.807, 2.05) is 37.3 Å². The summed E-state index contributed by atoms with van der Waals surface area (Å²) in [6.07, 6.45) is 2.78. The molecule has 0 bridgehead atoms. The Balaban J connectivity index is 1.70. The van der Waals surface area contributed by atoms with Crippen LogP contribution in [0.4, 0.5) is 0 Å². The molecule has 1 atom stereocenters. The zero-order valence-electron chi connectivity index (χ0n) is 17.2. The lowest BCUT2D eigenvalue weighted by atomic mass is 9.95. The topological polar surface area (TPSA) is 77.0 Å². The molecule has 0 radical (unpaired) electrons. The van der Waals surface area contributed by atoms with E-state index >= 15 is 0 Å². The molecule has 1 amide bonds. The van der Waals surface area contributed by atoms with Crippen LogP contribution in [0.15, 0.2) is 42.5 Å². The van der Waals surface area contributed by atoms with E-state index in [1.54, 1.807) is 27.4 Å². The average Bonchev–Trinajstić information content (AvgIpc) is 3.07. The largest absolute Gasteiger partial charge is 0.497 e. The van der Waals surface area contributed by atoms with Crippen LogP contribution in [0.5, 0.6) is 17.2 Å². The monoisotopic (exact) mass is 397 g/mol. The number of allylic oxidation sites excluding steroid dienone is 1. The lowest BCUT2D eigenvalue weighted by Crippen LogP contribution is -2.38. The Morgan fingerprint density at radius 2 is 1.76 bits per heavy atom. The van der Waals surface area contributed by atoms with Gasteiger partial charge in [-0.3, -0.25) is 4.79 Å². The number of carbonyl (C=O) groups is 1. The van der Waals surface area contributed by atoms with Crippen LogP contribution in [-0.2, 0) is 16.8 Å². The number of amides is 1. The molecule has 1 unspecified atom stereocenters. The fourth-order valence-corrected chi connectivity index (χ4v) is 3.64. The summed E-state index contributed by atoms with van der Waals surface area (Å²) in [6.45, 7) is 2.00. The second-order valence-corrected chi connectivity index (χ2v) is 7.17. The number of methoxy groups -OCH3 is 3. The molecule has 6 nitrogen and oxygen atoms in total. The molecule has 0 saturated heterocycles. The van der Waals surface area contributed by atoms with E-state index in [4.69, 9.17) is 14.2 Å². The maximum absolute atomic E-state index is 12.4. The molecule has 2 aromatic carbocycles. The van der Waals surface area contributed by atoms with Crippen molar-refractivity contribution >= 4 is 11.5 Å². The van der Waals surface area contributed by atoms with Crippen LogP contribution in [0.1, 0.15) is 30.0 Å². The van der Waals surface area contributed by atoms with Gasteiger partial charge in [0.1, 0.15) is 11.4 Å². The minimum absolute atomic E-state index is 0.126. The van der Waals surface area contributed by atoms with Crippen molar-refractivity contribution in [3.8, 4) is 17.2 Å². The van der Waals surface area contributed by atoms with Gasteiger partial charge in [0.05, 0.1) is 27.9 Å². The molecular weight excluding hydrogens is 370 g/mol. The number of hydrogen-bond acceptors (Lipinski definition) is 5. The Bertz CT molecular complexity index is 920. The van der Waals surface area contributed by atoms with Crippen molar-refractivity contribution in [2.45, 2.75) is 25.4 Å². The molecule has 0 aliphatic heterocycles. The number of nitrogens with one attached hydrogen (secondary N) is 1. The second kappa shape index (κ2) is 8.57. The van der Waals surface area contributed by atoms with Gasteiger partial charge in [-0.05, 0) is 66.3 Å². The van der Waals surface area contributed by atoms with Crippen molar-refractivity contribution in [2.24, 2.45) is 0 Å². The first-order chi connectivity index (χ1) is 13.9. The number of benzene rings is 2. The van der Waals surface area contributed by atoms with E-state index in [1.165, 1.54) is 6.08 Å². The molecule has 0 spiro atoms. The third-order valence-corrected chi connectivity index (χ3v) is 5.37. The zero-order chi connectivity index (χ0) is 21.0. The van der Waals surface area contributed by atoms with Gasteiger partial charge in [0.15, 0.2) is 11.5 Å². The van der Waals surface area contributed by atoms with Gasteiger partial charge in [-0.15, -0.1) is 0 Å². The van der Waals surface area contributed by atoms with Crippen LogP contribution in [0, 0.1) is 0 Å². The quantitative estimate of drug-likeness (QED) is 0.702. The Labute approximate surface area is 171 Å². The molecule has 3 rings (SSSR count). The molecule has 154 valence electrons. The Kier molecular flexibility index (Phi) is 6.13. The average molecular weight is 397 g/mol. The van der Waals surface area contributed by atoms with Gasteiger partial charge >= 0.3 is 0 Å². The number of carbonyl (C=O) groups excluding carboxylic acids is 1. The Hall–Kier alpha value is -2.99. The number of fused-ring (bicyclic) bond motifs is 1. The highest BCUT2D eigenvalue weighted by Gasteiger charge is 2.38. The third kappa shape index (κ3) is 4.38. The summed E-state index contributed by atoms with van der Waals surface area (Å²) in [5.41, 5.74) is 2.40. The van der Waals surface area contributed by atoms with Gasteiger partial charge < -0.3 is 24.6 Å². The number of hydrogen-bond donors (Lipinski definition) is 2. The summed E-state index contributed by atoms with van der Waals surface area (Å²) in [6, 6.07) is 11.2. The molecule has 0 fully saturated rings. The van der Waals surface area contributed by atoms with Crippen LogP contribution in [-0.4, -0.2) is 38.9 Å². The zero-order valence-corrected chi connectivity index (χ0v) is 17.2. The Morgan fingerprint density at radius 3 is 2.38 bits per heavy atom. The number of aryl methyl sites for hydroxylation is 1. The fourth-order valence-electron chi connectivity index (χ4n) is 3.64. The fraction of sp³-hybridized carbons (Fsp3) is 0.348. The van der Waals surface area contributed by atoms with Gasteiger partial charge in [0.25, 0.3) is 0 Å². The molecule has 0 aromatic heterocycles. The van der Waals surface area contributed by atoms with Crippen molar-refractivity contribution in [1.82, 2.24) is 5.32 Å². The highest BCUT2D eigenvalue weighted by atomic mass is 16.5. The molecule has 2 aromatic rings. The Morgan fingerprint density at radius 1 is 1.10 bits per heavy atom. The summed E-state index contributed by atoms with van der Waals surface area (Å²) in [5, 5.41) is 14.0. The molecule has 2 N–H and O–H groups in total. The van der Waals surface area contributed by atoms with E-state index in [-0.39, 0.29) is 12.5 Å². The molecule has 1 aliphatic rings. The molecule has 6 heteroatoms. The maximum Gasteiger partial charge on any atom is 0.244 e. The van der Waals surface area contributed by atoms with Crippen molar-refractivity contribution in [3.05, 3.63) is 59.2 Å². The second-order valence-electron chi connectivity index (χ2n) is 7.17. The van der Waals surface area contributed by atoms with E-state index in [0.29, 0.717) is 24.3 Å². The highest BCUT2D eigenvalue weighted by molar-refractivity contribution is 5.94.